The van der Waals surface area contributed by atoms with Crippen LogP contribution in [0, 0.1) is 6.92 Å². The molecule has 3 nitrogen and oxygen atoms in total. The van der Waals surface area contributed by atoms with Crippen molar-refractivity contribution in [1.82, 2.24) is 0 Å². The maximum atomic E-state index is 6.09. The van der Waals surface area contributed by atoms with Crippen LogP contribution < -0.4 is 10.2 Å². The molecule has 1 aliphatic rings. The Morgan fingerprint density at radius 1 is 0.826 bits per heavy atom. The van der Waals surface area contributed by atoms with Crippen LogP contribution in [0.25, 0.3) is 0 Å². The highest BCUT2D eigenvalue weighted by molar-refractivity contribution is 6.62. The Bertz CT molecular complexity index is 676. The average Bonchev–Trinajstić information content (AvgIpc) is 2.70. The zero-order chi connectivity index (χ0) is 16.7. The van der Waals surface area contributed by atoms with Gasteiger partial charge in [0.15, 0.2) is 0 Å². The van der Waals surface area contributed by atoms with Gasteiger partial charge >= 0.3 is 7.12 Å². The normalized spacial score (nSPS) is 18.9. The van der Waals surface area contributed by atoms with Gasteiger partial charge in [0, 0.05) is 0 Å². The molecule has 0 spiro atoms. The molecule has 0 saturated carbocycles. The van der Waals surface area contributed by atoms with Crippen molar-refractivity contribution in [1.29, 1.82) is 0 Å². The molecule has 0 amide bonds. The minimum atomic E-state index is -0.374. The summed E-state index contributed by atoms with van der Waals surface area (Å²) in [5, 5.41) is 0. The highest BCUT2D eigenvalue weighted by atomic mass is 16.7. The number of aryl methyl sites for hydroxylation is 1. The molecular weight excluding hydrogens is 287 g/mol. The van der Waals surface area contributed by atoms with Gasteiger partial charge < -0.3 is 14.0 Å². The predicted molar refractivity (Wildman–Crippen MR) is 93.4 cm³/mol. The molecule has 4 heteroatoms. The zero-order valence-electron chi connectivity index (χ0n) is 14.4. The Labute approximate surface area is 138 Å². The molecule has 0 unspecified atom stereocenters. The largest absolute Gasteiger partial charge is 0.494 e. The number of rotatable bonds is 3. The molecule has 0 N–H and O–H groups in total. The summed E-state index contributed by atoms with van der Waals surface area (Å²) in [6.45, 7) is 10.3. The second-order valence-corrected chi connectivity index (χ2v) is 7.08. The highest BCUT2D eigenvalue weighted by Crippen LogP contribution is 2.36. The lowest BCUT2D eigenvalue weighted by Gasteiger charge is -2.32. The van der Waals surface area contributed by atoms with Crippen molar-refractivity contribution in [3.8, 4) is 11.5 Å². The van der Waals surface area contributed by atoms with Gasteiger partial charge in [0.2, 0.25) is 0 Å². The van der Waals surface area contributed by atoms with Crippen LogP contribution in [0.2, 0.25) is 0 Å². The summed E-state index contributed by atoms with van der Waals surface area (Å²) in [6, 6.07) is 15.9. The molecular formula is C19H23BO3. The summed E-state index contributed by atoms with van der Waals surface area (Å²) in [4.78, 5) is 0. The van der Waals surface area contributed by atoms with Crippen molar-refractivity contribution in [2.24, 2.45) is 0 Å². The average molecular weight is 310 g/mol. The monoisotopic (exact) mass is 310 g/mol. The number of hydrogen-bond donors (Lipinski definition) is 0. The van der Waals surface area contributed by atoms with Crippen LogP contribution >= 0.6 is 0 Å². The van der Waals surface area contributed by atoms with Crippen LogP contribution in [0.5, 0.6) is 11.5 Å². The molecule has 1 heterocycles. The van der Waals surface area contributed by atoms with Crippen molar-refractivity contribution < 1.29 is 14.0 Å². The van der Waals surface area contributed by atoms with E-state index in [0.29, 0.717) is 0 Å². The van der Waals surface area contributed by atoms with E-state index in [4.69, 9.17) is 14.0 Å². The molecule has 0 atom stereocenters. The molecule has 120 valence electrons. The van der Waals surface area contributed by atoms with E-state index in [9.17, 15) is 0 Å². The van der Waals surface area contributed by atoms with Crippen molar-refractivity contribution in [2.45, 2.75) is 45.8 Å². The van der Waals surface area contributed by atoms with E-state index in [1.807, 2.05) is 48.5 Å². The Morgan fingerprint density at radius 2 is 1.43 bits per heavy atom. The van der Waals surface area contributed by atoms with Gasteiger partial charge in [-0.3, -0.25) is 0 Å². The SMILES string of the molecule is Cc1ccc(Oc2cccc(B3OC(C)(C)C(C)(C)O3)c2)cc1. The van der Waals surface area contributed by atoms with Crippen LogP contribution in [-0.4, -0.2) is 18.3 Å². The minimum Gasteiger partial charge on any atom is -0.457 e. The fourth-order valence-electron chi connectivity index (χ4n) is 2.45. The van der Waals surface area contributed by atoms with E-state index in [0.717, 1.165) is 17.0 Å². The first kappa shape index (κ1) is 16.1. The highest BCUT2D eigenvalue weighted by Gasteiger charge is 2.51. The third kappa shape index (κ3) is 3.28. The standard InChI is InChI=1S/C19H23BO3/c1-14-9-11-16(12-10-14)21-17-8-6-7-15(13-17)20-22-18(2,3)19(4,5)23-20/h6-13H,1-5H3. The predicted octanol–water partition coefficient (Wildman–Crippen LogP) is 4.09. The summed E-state index contributed by atoms with van der Waals surface area (Å²) >= 11 is 0. The van der Waals surface area contributed by atoms with E-state index in [2.05, 4.69) is 34.6 Å². The van der Waals surface area contributed by atoms with Gasteiger partial charge in [0.1, 0.15) is 11.5 Å². The van der Waals surface area contributed by atoms with Crippen LogP contribution in [0.3, 0.4) is 0 Å². The second kappa shape index (κ2) is 5.70. The van der Waals surface area contributed by atoms with Crippen LogP contribution in [0.15, 0.2) is 48.5 Å². The number of benzene rings is 2. The first-order chi connectivity index (χ1) is 10.8. The van der Waals surface area contributed by atoms with Crippen LogP contribution in [0.4, 0.5) is 0 Å². The van der Waals surface area contributed by atoms with E-state index in [1.54, 1.807) is 0 Å². The third-order valence-electron chi connectivity index (χ3n) is 4.64. The van der Waals surface area contributed by atoms with E-state index >= 15 is 0 Å². The summed E-state index contributed by atoms with van der Waals surface area (Å²) in [5.74, 6) is 1.60. The summed E-state index contributed by atoms with van der Waals surface area (Å²) in [5.41, 5.74) is 1.49. The van der Waals surface area contributed by atoms with Crippen molar-refractivity contribution in [2.75, 3.05) is 0 Å². The van der Waals surface area contributed by atoms with Crippen molar-refractivity contribution in [3.05, 3.63) is 54.1 Å². The fraction of sp³-hybridized carbons (Fsp3) is 0.368. The maximum absolute atomic E-state index is 6.09. The summed E-state index contributed by atoms with van der Waals surface area (Å²) < 4.78 is 18.1. The van der Waals surface area contributed by atoms with E-state index < -0.39 is 0 Å². The molecule has 2 aromatic carbocycles. The number of ether oxygens (including phenoxy) is 1. The lowest BCUT2D eigenvalue weighted by Crippen LogP contribution is -2.41. The zero-order valence-corrected chi connectivity index (χ0v) is 14.4. The lowest BCUT2D eigenvalue weighted by molar-refractivity contribution is 0.00578. The summed E-state index contributed by atoms with van der Waals surface area (Å²) in [6.07, 6.45) is 0. The minimum absolute atomic E-state index is 0.342. The first-order valence-electron chi connectivity index (χ1n) is 7.97. The molecule has 0 aliphatic carbocycles. The molecule has 23 heavy (non-hydrogen) atoms. The fourth-order valence-corrected chi connectivity index (χ4v) is 2.45. The van der Waals surface area contributed by atoms with Gasteiger partial charge in [-0.2, -0.15) is 0 Å². The Morgan fingerprint density at radius 3 is 2.04 bits per heavy atom. The van der Waals surface area contributed by atoms with Crippen molar-refractivity contribution in [3.63, 3.8) is 0 Å². The van der Waals surface area contributed by atoms with Gasteiger partial charge in [-0.25, -0.2) is 0 Å². The quantitative estimate of drug-likeness (QED) is 0.799. The molecule has 0 aromatic heterocycles. The maximum Gasteiger partial charge on any atom is 0.494 e. The van der Waals surface area contributed by atoms with Crippen molar-refractivity contribution >= 4 is 12.6 Å². The van der Waals surface area contributed by atoms with E-state index in [1.165, 1.54) is 5.56 Å². The molecule has 1 fully saturated rings. The molecule has 0 radical (unpaired) electrons. The topological polar surface area (TPSA) is 27.7 Å². The summed E-state index contributed by atoms with van der Waals surface area (Å²) in [7, 11) is -0.374. The Balaban J connectivity index is 1.79. The van der Waals surface area contributed by atoms with Gasteiger partial charge in [0.25, 0.3) is 0 Å². The molecule has 1 saturated heterocycles. The van der Waals surface area contributed by atoms with Crippen LogP contribution in [-0.2, 0) is 9.31 Å². The first-order valence-corrected chi connectivity index (χ1v) is 7.97. The molecule has 1 aliphatic heterocycles. The van der Waals surface area contributed by atoms with E-state index in [-0.39, 0.29) is 18.3 Å². The molecule has 3 rings (SSSR count). The number of hydrogen-bond acceptors (Lipinski definition) is 3. The Kier molecular flexibility index (Phi) is 3.99. The van der Waals surface area contributed by atoms with Gasteiger partial charge in [-0.15, -0.1) is 0 Å². The lowest BCUT2D eigenvalue weighted by atomic mass is 9.79. The molecule has 2 aromatic rings. The molecule has 0 bridgehead atoms. The second-order valence-electron chi connectivity index (χ2n) is 7.08. The van der Waals surface area contributed by atoms with Gasteiger partial charge in [-0.1, -0.05) is 29.8 Å². The third-order valence-corrected chi connectivity index (χ3v) is 4.64. The smallest absolute Gasteiger partial charge is 0.457 e. The van der Waals surface area contributed by atoms with Gasteiger partial charge in [0.05, 0.1) is 11.2 Å². The Hall–Kier alpha value is -1.78. The van der Waals surface area contributed by atoms with Crippen LogP contribution in [0.1, 0.15) is 33.3 Å². The van der Waals surface area contributed by atoms with Gasteiger partial charge in [-0.05, 0) is 64.3 Å².